The highest BCUT2D eigenvalue weighted by atomic mass is 28.4. The van der Waals surface area contributed by atoms with E-state index in [1.165, 1.54) is 26.4 Å². The van der Waals surface area contributed by atoms with Crippen LogP contribution in [-0.4, -0.2) is 108 Å². The van der Waals surface area contributed by atoms with Gasteiger partial charge in [-0.15, -0.1) is 0 Å². The van der Waals surface area contributed by atoms with E-state index < -0.39 is 34.9 Å². The Bertz CT molecular complexity index is 1990. The molecule has 0 aromatic heterocycles. The highest BCUT2D eigenvalue weighted by Gasteiger charge is 2.42. The Morgan fingerprint density at radius 3 is 1.63 bits per heavy atom. The first-order chi connectivity index (χ1) is 28.7. The Hall–Kier alpha value is -4.52. The van der Waals surface area contributed by atoms with E-state index in [0.29, 0.717) is 52.0 Å². The molecule has 16 heteroatoms. The summed E-state index contributed by atoms with van der Waals surface area (Å²) in [6.45, 7) is 33.5. The molecule has 2 aliphatic heterocycles. The summed E-state index contributed by atoms with van der Waals surface area (Å²) in [6.07, 6.45) is 0.820. The third-order valence-corrected chi connectivity index (χ3v) is 21.8. The zero-order valence-corrected chi connectivity index (χ0v) is 41.4. The number of methoxy groups -OCH3 is 2. The maximum atomic E-state index is 14.3. The van der Waals surface area contributed by atoms with Crippen molar-refractivity contribution in [2.24, 2.45) is 0 Å². The van der Waals surface area contributed by atoms with Gasteiger partial charge in [-0.05, 0) is 67.7 Å². The molecule has 0 unspecified atom stereocenters. The second-order valence-corrected chi connectivity index (χ2v) is 29.2. The summed E-state index contributed by atoms with van der Waals surface area (Å²) in [7, 11) is -1.29. The summed E-state index contributed by atoms with van der Waals surface area (Å²) < 4.78 is 37.4. The molecule has 2 fully saturated rings. The zero-order valence-electron chi connectivity index (χ0n) is 39.4. The van der Waals surface area contributed by atoms with E-state index in [1.807, 2.05) is 6.92 Å². The van der Waals surface area contributed by atoms with Crippen molar-refractivity contribution >= 4 is 45.9 Å². The molecule has 2 aromatic carbocycles. The molecule has 2 saturated heterocycles. The van der Waals surface area contributed by atoms with Gasteiger partial charge < -0.3 is 48.4 Å². The van der Waals surface area contributed by atoms with Gasteiger partial charge in [0.15, 0.2) is 39.6 Å². The van der Waals surface area contributed by atoms with Crippen molar-refractivity contribution in [2.45, 2.75) is 135 Å². The van der Waals surface area contributed by atoms with Gasteiger partial charge in [0.1, 0.15) is 0 Å². The topological polar surface area (TPSA) is 171 Å². The van der Waals surface area contributed by atoms with Crippen molar-refractivity contribution in [2.75, 3.05) is 51.6 Å². The van der Waals surface area contributed by atoms with E-state index in [1.54, 1.807) is 21.9 Å². The average Bonchev–Trinajstić information content (AvgIpc) is 3.74. The normalized spacial score (nSPS) is 17.9. The Balaban J connectivity index is 1.63. The summed E-state index contributed by atoms with van der Waals surface area (Å²) in [5.74, 6) is 0.160. The number of rotatable bonds is 18. The van der Waals surface area contributed by atoms with Gasteiger partial charge in [0.2, 0.25) is 6.29 Å². The van der Waals surface area contributed by atoms with Crippen molar-refractivity contribution in [1.82, 2.24) is 9.80 Å². The monoisotopic (exact) mass is 896 g/mol. The summed E-state index contributed by atoms with van der Waals surface area (Å²) >= 11 is 0. The second-order valence-electron chi connectivity index (χ2n) is 19.6. The van der Waals surface area contributed by atoms with E-state index in [0.717, 1.165) is 17.6 Å². The van der Waals surface area contributed by atoms with E-state index in [9.17, 15) is 19.5 Å². The number of ether oxygens (including phenoxy) is 4. The number of hydrogen-bond acceptors (Lipinski definition) is 10. The molecular weight excluding hydrogens is 825 g/mol. The van der Waals surface area contributed by atoms with E-state index in [4.69, 9.17) is 33.5 Å². The molecular formula is C46H72N4O10Si2. The van der Waals surface area contributed by atoms with Crippen molar-refractivity contribution in [3.05, 3.63) is 59.7 Å². The predicted molar refractivity (Wildman–Crippen MR) is 250 cm³/mol. The van der Waals surface area contributed by atoms with Crippen molar-refractivity contribution < 1.29 is 47.3 Å². The third-order valence-electron chi connectivity index (χ3n) is 12.8. The second kappa shape index (κ2) is 19.9. The van der Waals surface area contributed by atoms with Crippen LogP contribution in [-0.2, 0) is 8.85 Å². The largest absolute Gasteiger partial charge is 0.493 e. The lowest BCUT2D eigenvalue weighted by atomic mass is 10.1. The number of nitrogens with two attached hydrogens (primary N) is 1. The molecule has 62 heavy (non-hydrogen) atoms. The molecule has 0 saturated carbocycles. The van der Waals surface area contributed by atoms with Crippen molar-refractivity contribution in [3.63, 3.8) is 0 Å². The number of carbonyl (C=O) groups excluding carboxylic acids is 2. The molecule has 3 atom stereocenters. The highest BCUT2D eigenvalue weighted by Crippen LogP contribution is 2.42. The molecule has 4 rings (SSSR count). The minimum absolute atomic E-state index is 0.0106. The lowest BCUT2D eigenvalue weighted by molar-refractivity contribution is -0.00540. The van der Waals surface area contributed by atoms with Crippen LogP contribution in [0, 0.1) is 0 Å². The van der Waals surface area contributed by atoms with Crippen LogP contribution < -0.4 is 30.0 Å². The minimum atomic E-state index is -2.13. The SMILES string of the molecule is C=C1C[C@@H](CO[Si](C)(C)C(C)(C)C)N(C(=O)c2cc(OC)c(O[C@H](CCCC)Oc3cc(NC(=O)O)c(C(=O)N4CC(=C)C[C@H]4CO[Si](C)(C)C(C)(C)C)cc3OC)cc2N)C1. The molecule has 2 heterocycles. The number of carboxylic acid groups (broad SMARTS) is 1. The summed E-state index contributed by atoms with van der Waals surface area (Å²) in [6, 6.07) is 5.56. The van der Waals surface area contributed by atoms with Crippen molar-refractivity contribution in [3.8, 4) is 23.0 Å². The zero-order chi connectivity index (χ0) is 46.5. The van der Waals surface area contributed by atoms with Crippen LogP contribution in [0.5, 0.6) is 23.0 Å². The smallest absolute Gasteiger partial charge is 0.409 e. The Labute approximate surface area is 371 Å². The van der Waals surface area contributed by atoms with Crippen LogP contribution >= 0.6 is 0 Å². The van der Waals surface area contributed by atoms with Crippen LogP contribution in [0.15, 0.2) is 48.6 Å². The molecule has 2 aromatic rings. The first kappa shape index (κ1) is 50.1. The fourth-order valence-electron chi connectivity index (χ4n) is 6.90. The third kappa shape index (κ3) is 11.9. The van der Waals surface area contributed by atoms with Gasteiger partial charge in [0.25, 0.3) is 11.8 Å². The molecule has 2 aliphatic rings. The number of likely N-dealkylation sites (tertiary alicyclic amines) is 2. The standard InChI is InChI=1S/C46H72N4O10Si2/c1-16-17-18-41(59-39-23-35(47)33(21-37(39)55-10)42(51)49-25-29(2)19-31(49)27-57-61(12,13)45(4,5)6)60-40-24-36(48-44(53)54)34(22-38(40)56-11)43(52)50-26-30(3)20-32(50)28-58-62(14,15)46(7,8)9/h21-24,31-32,41,48H,2-3,16-20,25-28,47H2,1,4-15H3,(H,53,54)/t31-,32-,41-/m0/s1. The highest BCUT2D eigenvalue weighted by molar-refractivity contribution is 6.74. The van der Waals surface area contributed by atoms with Crippen LogP contribution in [0.2, 0.25) is 36.3 Å². The number of carbonyl (C=O) groups is 3. The Kier molecular flexibility index (Phi) is 16.1. The number of amides is 3. The number of benzene rings is 2. The molecule has 0 spiro atoms. The maximum absolute atomic E-state index is 14.3. The predicted octanol–water partition coefficient (Wildman–Crippen LogP) is 9.94. The van der Waals surface area contributed by atoms with Crippen molar-refractivity contribution in [1.29, 1.82) is 0 Å². The van der Waals surface area contributed by atoms with E-state index in [-0.39, 0.29) is 73.6 Å². The van der Waals surface area contributed by atoms with Crippen LogP contribution in [0.1, 0.15) is 101 Å². The van der Waals surface area contributed by atoms with Gasteiger partial charge >= 0.3 is 6.09 Å². The first-order valence-electron chi connectivity index (χ1n) is 21.5. The quantitative estimate of drug-likeness (QED) is 0.0563. The van der Waals surface area contributed by atoms with Crippen LogP contribution in [0.3, 0.4) is 0 Å². The number of unbranched alkanes of at least 4 members (excludes halogenated alkanes) is 1. The van der Waals surface area contributed by atoms with Gasteiger partial charge in [-0.1, -0.05) is 79.2 Å². The number of nitrogens with zero attached hydrogens (tertiary/aromatic N) is 2. The Morgan fingerprint density at radius 1 is 0.774 bits per heavy atom. The average molecular weight is 897 g/mol. The molecule has 0 bridgehead atoms. The van der Waals surface area contributed by atoms with Gasteiger partial charge in [-0.25, -0.2) is 4.79 Å². The summed E-state index contributed by atoms with van der Waals surface area (Å²) in [5, 5.41) is 12.3. The molecule has 4 N–H and O–H groups in total. The summed E-state index contributed by atoms with van der Waals surface area (Å²) in [5.41, 5.74) is 8.97. The molecule has 3 amide bonds. The van der Waals surface area contributed by atoms with E-state index in [2.05, 4.69) is 86.2 Å². The number of nitrogen functional groups attached to an aromatic ring is 1. The fraction of sp³-hybridized carbons (Fsp3) is 0.587. The van der Waals surface area contributed by atoms with Gasteiger partial charge in [0, 0.05) is 37.3 Å². The Morgan fingerprint density at radius 2 is 1.21 bits per heavy atom. The van der Waals surface area contributed by atoms with E-state index >= 15 is 0 Å². The molecule has 0 radical (unpaired) electrons. The molecule has 344 valence electrons. The first-order valence-corrected chi connectivity index (χ1v) is 27.3. The van der Waals surface area contributed by atoms with Crippen LogP contribution in [0.4, 0.5) is 16.2 Å². The number of nitrogens with one attached hydrogen (secondary N) is 1. The number of hydrogen-bond donors (Lipinski definition) is 3. The molecule has 14 nitrogen and oxygen atoms in total. The summed E-state index contributed by atoms with van der Waals surface area (Å²) in [4.78, 5) is 44.1. The molecule has 0 aliphatic carbocycles. The van der Waals surface area contributed by atoms with Gasteiger partial charge in [0.05, 0.1) is 56.3 Å². The fourth-order valence-corrected chi connectivity index (χ4v) is 8.98. The van der Waals surface area contributed by atoms with Crippen LogP contribution in [0.25, 0.3) is 0 Å². The lowest BCUT2D eigenvalue weighted by Crippen LogP contribution is -2.46. The minimum Gasteiger partial charge on any atom is -0.493 e. The van der Waals surface area contributed by atoms with Gasteiger partial charge in [-0.2, -0.15) is 0 Å². The van der Waals surface area contributed by atoms with Gasteiger partial charge in [-0.3, -0.25) is 14.9 Å². The maximum Gasteiger partial charge on any atom is 0.409 e. The number of anilines is 2. The lowest BCUT2D eigenvalue weighted by Gasteiger charge is -2.38.